The van der Waals surface area contributed by atoms with Crippen LogP contribution in [0.1, 0.15) is 36.1 Å². The van der Waals surface area contributed by atoms with E-state index in [0.717, 1.165) is 34.7 Å². The first-order valence-corrected chi connectivity index (χ1v) is 12.1. The molecule has 0 aliphatic carbocycles. The average molecular weight is 499 g/mol. The molecule has 0 unspecified atom stereocenters. The molecule has 4 aromatic rings. The predicted octanol–water partition coefficient (Wildman–Crippen LogP) is 7.28. The molecule has 176 valence electrons. The molecule has 1 aliphatic heterocycles. The number of thiophene rings is 1. The molecule has 1 aliphatic rings. The molecule has 35 heavy (non-hydrogen) atoms. The lowest BCUT2D eigenvalue weighted by molar-refractivity contribution is 0.306. The highest BCUT2D eigenvalue weighted by Crippen LogP contribution is 2.35. The molecule has 0 fully saturated rings. The van der Waals surface area contributed by atoms with Crippen molar-refractivity contribution in [2.24, 2.45) is 15.4 Å². The van der Waals surface area contributed by atoms with Crippen molar-refractivity contribution in [2.45, 2.75) is 32.8 Å². The van der Waals surface area contributed by atoms with Gasteiger partial charge >= 0.3 is 0 Å². The fraction of sp³-hybridized carbons (Fsp3) is 0.214. The highest BCUT2D eigenvalue weighted by molar-refractivity contribution is 7.59. The second-order valence-corrected chi connectivity index (χ2v) is 9.09. The highest BCUT2D eigenvalue weighted by atomic mass is 32.1. The largest absolute Gasteiger partial charge is 0.489 e. The van der Waals surface area contributed by atoms with Crippen LogP contribution in [0.5, 0.6) is 5.75 Å². The number of hydrogen-bond acceptors (Lipinski definition) is 6. The molecule has 0 spiro atoms. The number of fused-ring (bicyclic) bond motifs is 1. The normalized spacial score (nSPS) is 13.0. The molecule has 5 nitrogen and oxygen atoms in total. The zero-order chi connectivity index (χ0) is 23.3. The number of aryl methyl sites for hydroxylation is 1. The first-order valence-electron chi connectivity index (χ1n) is 11.2. The Morgan fingerprint density at radius 2 is 1.94 bits per heavy atom. The summed E-state index contributed by atoms with van der Waals surface area (Å²) in [7, 11) is 0. The van der Waals surface area contributed by atoms with Gasteiger partial charge in [0.2, 0.25) is 0 Å². The van der Waals surface area contributed by atoms with E-state index in [1.54, 1.807) is 11.3 Å². The van der Waals surface area contributed by atoms with Crippen LogP contribution in [0.2, 0.25) is 0 Å². The number of nitrogens with zero attached hydrogens (tertiary/aromatic N) is 4. The second-order valence-electron chi connectivity index (χ2n) is 8.18. The molecule has 3 heterocycles. The van der Waals surface area contributed by atoms with E-state index in [-0.39, 0.29) is 19.4 Å². The van der Waals surface area contributed by atoms with Crippen LogP contribution in [0.4, 0.5) is 0 Å². The maximum Gasteiger partial charge on any atom is 0.119 e. The van der Waals surface area contributed by atoms with Gasteiger partial charge in [-0.05, 0) is 65.9 Å². The van der Waals surface area contributed by atoms with E-state index in [2.05, 4.69) is 81.0 Å². The van der Waals surface area contributed by atoms with Gasteiger partial charge in [0.15, 0.2) is 0 Å². The van der Waals surface area contributed by atoms with Gasteiger partial charge in [-0.25, -0.2) is 0 Å². The summed E-state index contributed by atoms with van der Waals surface area (Å²) < 4.78 is 7.38. The molecule has 0 saturated carbocycles. The minimum absolute atomic E-state index is 0. The Morgan fingerprint density at radius 3 is 2.69 bits per heavy atom. The van der Waals surface area contributed by atoms with Gasteiger partial charge in [-0.1, -0.05) is 30.2 Å². The summed E-state index contributed by atoms with van der Waals surface area (Å²) in [5.41, 5.74) is 6.70. The number of aromatic nitrogens is 1. The zero-order valence-corrected chi connectivity index (χ0v) is 21.5. The van der Waals surface area contributed by atoms with E-state index in [4.69, 9.17) is 4.74 Å². The molecule has 0 radical (unpaired) electrons. The van der Waals surface area contributed by atoms with Crippen molar-refractivity contribution >= 4 is 40.6 Å². The molecular formula is C28H26N4OS2. The number of benzene rings is 2. The van der Waals surface area contributed by atoms with Crippen molar-refractivity contribution < 1.29 is 4.74 Å². The van der Waals surface area contributed by atoms with Crippen molar-refractivity contribution in [1.82, 2.24) is 4.98 Å². The van der Waals surface area contributed by atoms with Gasteiger partial charge in [-0.2, -0.15) is 18.6 Å². The Bertz CT molecular complexity index is 1450. The van der Waals surface area contributed by atoms with Crippen LogP contribution in [0.25, 0.3) is 21.2 Å². The summed E-state index contributed by atoms with van der Waals surface area (Å²) in [6.45, 7) is 4.99. The van der Waals surface area contributed by atoms with Gasteiger partial charge in [-0.15, -0.1) is 22.4 Å². The number of pyridine rings is 1. The third-order valence-electron chi connectivity index (χ3n) is 5.88. The first kappa shape index (κ1) is 24.6. The van der Waals surface area contributed by atoms with Crippen molar-refractivity contribution in [2.75, 3.05) is 6.54 Å². The Hall–Kier alpha value is -3.47. The molecule has 2 aromatic carbocycles. The van der Waals surface area contributed by atoms with E-state index in [9.17, 15) is 0 Å². The van der Waals surface area contributed by atoms with Crippen LogP contribution in [0.15, 0.2) is 81.6 Å². The zero-order valence-electron chi connectivity index (χ0n) is 19.7. The first-order chi connectivity index (χ1) is 16.7. The van der Waals surface area contributed by atoms with Gasteiger partial charge in [0.05, 0.1) is 11.6 Å². The van der Waals surface area contributed by atoms with Gasteiger partial charge < -0.3 is 4.74 Å². The summed E-state index contributed by atoms with van der Waals surface area (Å²) in [4.78, 5) is 4.46. The smallest absolute Gasteiger partial charge is 0.119 e. The Labute approximate surface area is 216 Å². The van der Waals surface area contributed by atoms with Gasteiger partial charge in [0.25, 0.3) is 0 Å². The summed E-state index contributed by atoms with van der Waals surface area (Å²) in [6.07, 6.45) is 2.58. The van der Waals surface area contributed by atoms with Gasteiger partial charge in [0, 0.05) is 39.5 Å². The average Bonchev–Trinajstić information content (AvgIpc) is 3.53. The van der Waals surface area contributed by atoms with Crippen molar-refractivity contribution in [3.8, 4) is 28.7 Å². The van der Waals surface area contributed by atoms with E-state index in [0.29, 0.717) is 13.2 Å². The molecule has 0 saturated heterocycles. The third-order valence-corrected chi connectivity index (χ3v) is 6.85. The lowest BCUT2D eigenvalue weighted by Crippen LogP contribution is -2.07. The summed E-state index contributed by atoms with van der Waals surface area (Å²) in [5.74, 6) is 7.23. The Balaban J connectivity index is 0.00000289. The fourth-order valence-electron chi connectivity index (χ4n) is 4.11. The van der Waals surface area contributed by atoms with E-state index >= 15 is 0 Å². The van der Waals surface area contributed by atoms with E-state index in [1.807, 2.05) is 31.3 Å². The third kappa shape index (κ3) is 5.61. The molecule has 2 aromatic heterocycles. The standard InChI is InChI=1S/C28H24N4OS.H2S/c1-3-5-22(15-23-16-30-32-31-23)21-8-10-24(11-9-21)33-17-20-7-12-28-26(14-20)27(18-34-28)25-6-4-13-29-19(25)2;/h4,6-14,18,22H,15-17H2,1-2H3;1H2/t22-;/m0./s1. The van der Waals surface area contributed by atoms with Crippen LogP contribution < -0.4 is 4.74 Å². The lowest BCUT2D eigenvalue weighted by atomic mass is 9.94. The van der Waals surface area contributed by atoms with Crippen LogP contribution in [0.3, 0.4) is 0 Å². The minimum Gasteiger partial charge on any atom is -0.489 e. The monoisotopic (exact) mass is 498 g/mol. The molecule has 1 atom stereocenters. The minimum atomic E-state index is 0. The van der Waals surface area contributed by atoms with Crippen LogP contribution >= 0.6 is 24.8 Å². The molecule has 0 N–H and O–H groups in total. The number of hydrogen-bond donors (Lipinski definition) is 0. The van der Waals surface area contributed by atoms with E-state index < -0.39 is 0 Å². The quantitative estimate of drug-likeness (QED) is 0.251. The number of rotatable bonds is 7. The van der Waals surface area contributed by atoms with Crippen molar-refractivity contribution in [3.05, 3.63) is 83.0 Å². The van der Waals surface area contributed by atoms with Crippen molar-refractivity contribution in [3.63, 3.8) is 0 Å². The van der Waals surface area contributed by atoms with Crippen molar-refractivity contribution in [1.29, 1.82) is 0 Å². The maximum absolute atomic E-state index is 6.12. The topological polar surface area (TPSA) is 59.2 Å². The van der Waals surface area contributed by atoms with E-state index in [1.165, 1.54) is 21.2 Å². The Morgan fingerprint density at radius 1 is 1.09 bits per heavy atom. The molecule has 0 bridgehead atoms. The second kappa shape index (κ2) is 11.3. The van der Waals surface area contributed by atoms with Gasteiger partial charge in [-0.3, -0.25) is 4.98 Å². The Kier molecular flexibility index (Phi) is 7.96. The predicted molar refractivity (Wildman–Crippen MR) is 149 cm³/mol. The SMILES string of the molecule is CC#C[C@@H](CC1=NN=NC1)c1ccc(OCc2ccc3scc(-c4cccnc4C)c3c2)cc1.S. The highest BCUT2D eigenvalue weighted by Gasteiger charge is 2.15. The van der Waals surface area contributed by atoms with Crippen LogP contribution in [-0.4, -0.2) is 17.2 Å². The van der Waals surface area contributed by atoms with Crippen LogP contribution in [-0.2, 0) is 6.61 Å². The summed E-state index contributed by atoms with van der Waals surface area (Å²) in [6, 6.07) is 18.9. The molecular weight excluding hydrogens is 472 g/mol. The van der Waals surface area contributed by atoms with Crippen LogP contribution in [0, 0.1) is 18.8 Å². The summed E-state index contributed by atoms with van der Waals surface area (Å²) >= 11 is 1.76. The fourth-order valence-corrected chi connectivity index (χ4v) is 5.05. The molecule has 5 rings (SSSR count). The maximum atomic E-state index is 6.12. The number of ether oxygens (including phenoxy) is 1. The summed E-state index contributed by atoms with van der Waals surface area (Å²) in [5, 5.41) is 15.2. The molecule has 7 heteroatoms. The lowest BCUT2D eigenvalue weighted by Gasteiger charge is -2.12. The van der Waals surface area contributed by atoms with Gasteiger partial charge in [0.1, 0.15) is 18.9 Å². The molecule has 0 amide bonds.